The highest BCUT2D eigenvalue weighted by molar-refractivity contribution is 9.11. The molecule has 21 nitrogen and oxygen atoms in total. The largest absolute Gasteiger partial charge is 0.643 e. The number of hydrogen-bond donors (Lipinski definition) is 4. The normalized spacial score (nSPS) is 9.17. The Morgan fingerprint density at radius 3 is 0.734 bits per heavy atom. The SMILES string of the molecule is CC.CC.CC.CC.CC.CC.CC.CC.CC.COc1cc(Br)c2ccnn2c1.Cc1ccc(C)cc1.Cc1ccc(C)cc1.N.Oc1cc(Br)c2ccnn2c1.[2HH].[2HH].[2HH].[B]Oc1cc(-c2ccc(C)cc2)c2ccnn2c1.[B]Oc1cc(-c2ccc(N)cc2)c2ccnn2c1.[B]Oc1cc(-c2ccc(N)cc2)c2ccnn2c1.[B]Oc1cc(Br)c2ccnn2c1.[Cl][Al]([Cl])[Cl]. The lowest BCUT2D eigenvalue weighted by Crippen LogP contribution is -1.94. The Hall–Kier alpha value is -10.3. The average molecular weight is 2010 g/mol. The van der Waals surface area contributed by atoms with Crippen LogP contribution in [0.3, 0.4) is 0 Å². The summed E-state index contributed by atoms with van der Waals surface area (Å²) in [6, 6.07) is 63.1. The van der Waals surface area contributed by atoms with Gasteiger partial charge in [-0.15, -0.1) is 0 Å². The molecule has 12 aromatic heterocycles. The predicted octanol–water partition coefficient (Wildman–Crippen LogP) is 28.8. The summed E-state index contributed by atoms with van der Waals surface area (Å²) in [5.41, 5.74) is 31.6. The van der Waals surface area contributed by atoms with Gasteiger partial charge in [0.1, 0.15) is 34.5 Å². The lowest BCUT2D eigenvalue weighted by Gasteiger charge is -2.08. The fourth-order valence-corrected chi connectivity index (χ4v) is 11.9. The highest BCUT2D eigenvalue weighted by Crippen LogP contribution is 2.33. The summed E-state index contributed by atoms with van der Waals surface area (Å²) in [5.74, 6) is 3.25. The van der Waals surface area contributed by atoms with Crippen LogP contribution in [0, 0.1) is 34.6 Å². The quantitative estimate of drug-likeness (QED) is 0.0815. The van der Waals surface area contributed by atoms with Crippen LogP contribution in [0.4, 0.5) is 11.4 Å². The minimum atomic E-state index is -1.72. The van der Waals surface area contributed by atoms with Crippen molar-refractivity contribution in [1.29, 1.82) is 0 Å². The van der Waals surface area contributed by atoms with Crippen molar-refractivity contribution in [2.24, 2.45) is 0 Å². The van der Waals surface area contributed by atoms with Crippen molar-refractivity contribution in [2.75, 3.05) is 18.6 Å². The Morgan fingerprint density at radius 1 is 0.305 bits per heavy atom. The molecule has 0 saturated carbocycles. The summed E-state index contributed by atoms with van der Waals surface area (Å²) < 4.78 is 37.1. The van der Waals surface area contributed by atoms with Gasteiger partial charge in [-0.05, 0) is 196 Å². The number of aryl methyl sites for hydroxylation is 5. The molecule has 682 valence electrons. The maximum atomic E-state index is 9.14. The van der Waals surface area contributed by atoms with E-state index in [0.29, 0.717) is 23.0 Å². The van der Waals surface area contributed by atoms with E-state index in [4.69, 9.17) is 97.6 Å². The molecule has 0 bridgehead atoms. The molecule has 0 amide bonds. The van der Waals surface area contributed by atoms with Gasteiger partial charge in [-0.2, -0.15) is 30.6 Å². The number of fused-ring (bicyclic) bond motifs is 6. The fraction of sp³-hybridized carbons (Fsp3) is 0.250. The van der Waals surface area contributed by atoms with Gasteiger partial charge in [-0.25, -0.2) is 57.2 Å². The number of aromatic nitrogens is 12. The summed E-state index contributed by atoms with van der Waals surface area (Å²) >= 11 is 8.38. The van der Waals surface area contributed by atoms with Crippen LogP contribution in [-0.4, -0.2) is 113 Å². The van der Waals surface area contributed by atoms with Gasteiger partial charge in [0.05, 0.1) is 115 Å². The van der Waals surface area contributed by atoms with E-state index < -0.39 is 11.4 Å². The van der Waals surface area contributed by atoms with E-state index in [2.05, 4.69) is 190 Å². The number of pyridine rings is 6. The molecule has 8 N–H and O–H groups in total. The van der Waals surface area contributed by atoms with Crippen molar-refractivity contribution in [3.8, 4) is 67.9 Å². The first-order valence-electron chi connectivity index (χ1n) is 41.8. The third-order valence-electron chi connectivity index (χ3n) is 15.8. The summed E-state index contributed by atoms with van der Waals surface area (Å²) in [6.07, 6.45) is 20.7. The molecule has 0 spiro atoms. The van der Waals surface area contributed by atoms with Crippen LogP contribution in [0.5, 0.6) is 34.5 Å². The summed E-state index contributed by atoms with van der Waals surface area (Å²) in [4.78, 5) is 0. The third-order valence-corrected chi connectivity index (χ3v) is 17.7. The molecule has 0 aliphatic rings. The molecule has 0 atom stereocenters. The van der Waals surface area contributed by atoms with Gasteiger partial charge in [0.15, 0.2) is 0 Å². The first-order valence-corrected chi connectivity index (χ1v) is 49.4. The zero-order valence-corrected chi connectivity index (χ0v) is 86.5. The number of hydrogen-bond acceptors (Lipinski definition) is 15. The smallest absolute Gasteiger partial charge is 0.567 e. The molecule has 17 aromatic rings. The highest BCUT2D eigenvalue weighted by atomic mass is 79.9. The Labute approximate surface area is 811 Å². The van der Waals surface area contributed by atoms with Gasteiger partial charge in [0, 0.05) is 45.8 Å². The number of nitrogens with two attached hydrogens (primary N) is 2. The van der Waals surface area contributed by atoms with Crippen LogP contribution in [-0.2, 0) is 0 Å². The first kappa shape index (κ1) is 120. The van der Waals surface area contributed by atoms with E-state index in [0.717, 1.165) is 97.0 Å². The van der Waals surface area contributed by atoms with E-state index >= 15 is 0 Å². The van der Waals surface area contributed by atoms with E-state index in [9.17, 15) is 0 Å². The molecule has 0 fully saturated rings. The van der Waals surface area contributed by atoms with E-state index in [1.54, 1.807) is 115 Å². The highest BCUT2D eigenvalue weighted by Gasteiger charge is 2.12. The van der Waals surface area contributed by atoms with Crippen LogP contribution < -0.4 is 41.0 Å². The molecular weight excluding hydrogens is 1880 g/mol. The van der Waals surface area contributed by atoms with Crippen molar-refractivity contribution in [3.63, 3.8) is 0 Å². The first-order chi connectivity index (χ1) is 61.5. The van der Waals surface area contributed by atoms with Crippen LogP contribution in [0.1, 0.15) is 157 Å². The van der Waals surface area contributed by atoms with Gasteiger partial charge in [0.2, 0.25) is 0 Å². The van der Waals surface area contributed by atoms with Gasteiger partial charge in [-0.1, -0.05) is 250 Å². The van der Waals surface area contributed by atoms with Gasteiger partial charge in [0.25, 0.3) is 0 Å². The molecule has 17 rings (SSSR count). The van der Waals surface area contributed by atoms with Crippen LogP contribution in [0.25, 0.3) is 66.5 Å². The minimum Gasteiger partial charge on any atom is -0.567 e. The van der Waals surface area contributed by atoms with Crippen LogP contribution >= 0.6 is 77.9 Å². The molecule has 12 heterocycles. The van der Waals surface area contributed by atoms with Gasteiger partial charge >= 0.3 is 43.6 Å². The Kier molecular flexibility index (Phi) is 65.2. The number of anilines is 2. The summed E-state index contributed by atoms with van der Waals surface area (Å²) in [7, 11) is 37.2. The Morgan fingerprint density at radius 2 is 0.492 bits per heavy atom. The molecule has 128 heavy (non-hydrogen) atoms. The summed E-state index contributed by atoms with van der Waals surface area (Å²) in [6.45, 7) is 46.5. The van der Waals surface area contributed by atoms with Crippen molar-refractivity contribution in [3.05, 3.63) is 310 Å². The number of methoxy groups -OCH3 is 1. The zero-order chi connectivity index (χ0) is 96.1. The number of aromatic hydroxyl groups is 1. The number of rotatable bonds is 8. The second-order valence-electron chi connectivity index (χ2n) is 23.7. The van der Waals surface area contributed by atoms with E-state index in [1.165, 1.54) is 27.8 Å². The lowest BCUT2D eigenvalue weighted by molar-refractivity contribution is 0.411. The number of ether oxygens (including phenoxy) is 1. The number of benzene rings is 5. The molecule has 32 heteroatoms. The molecule has 0 aliphatic heterocycles. The fourth-order valence-electron chi connectivity index (χ4n) is 10.3. The number of nitrogen functional groups attached to an aromatic ring is 2. The predicted molar refractivity (Wildman–Crippen MR) is 567 cm³/mol. The van der Waals surface area contributed by atoms with Crippen molar-refractivity contribution >= 4 is 166 Å². The zero-order valence-electron chi connectivity index (χ0n) is 78.3. The molecule has 8 radical (unpaired) electrons. The maximum Gasteiger partial charge on any atom is 0.643 e. The minimum absolute atomic E-state index is 0. The second kappa shape index (κ2) is 69.7. The third kappa shape index (κ3) is 40.6. The second-order valence-corrected chi connectivity index (χ2v) is 32.7. The van der Waals surface area contributed by atoms with Gasteiger partial charge < -0.3 is 46.1 Å². The van der Waals surface area contributed by atoms with Crippen molar-refractivity contribution in [2.45, 2.75) is 159 Å². The van der Waals surface area contributed by atoms with Crippen molar-refractivity contribution in [1.82, 2.24) is 63.8 Å². The monoisotopic (exact) mass is 2000 g/mol. The van der Waals surface area contributed by atoms with Crippen LogP contribution in [0.2, 0.25) is 0 Å². The molecule has 0 unspecified atom stereocenters. The Balaban J connectivity index is -0.000000451. The van der Waals surface area contributed by atoms with Gasteiger partial charge in [-0.3, -0.25) is 0 Å². The maximum absolute atomic E-state index is 9.14. The molecule has 5 aromatic carbocycles. The standard InChI is InChI=1S/C14H11BN2O.2C13H10BN3O.C8H7BrN2O.2C8H10.C7H4BBrN2O.C7H5BrN2O.9C2H6.Al.3ClH.H3N.3H2/c1-10-2-4-11(5-3-10)13-8-12(18-15)9-17-14(13)6-7-16-17;2*14-18-11-7-12(9-1-3-10(15)4-2-9)13-5-6-16-17(13)8-11;1-12-6-4-7(9)8-2-3-10-11(8)5-6;2*1-7-3-5-8(2)6-4-7;8-12-5-3-6(9)7-1-2-10-11(7)4-5;8-6-3-5(11)4-10-7(6)1-2-9-10;9*1-2;;;;;;;;/h2-9H,1H3;2*1-8H,15H2;2-5H,1H3;2*3-6H,1-2H3;1-4H;1-4,11H;9*1-2H3;;3*1H;1H3;3*1H/q;;;;;;;;;;;;;;;;;+3;;;;;;;/p-3/i;;;;;;;;;;;;;;;;;;;;;;3*1+1. The van der Waals surface area contributed by atoms with E-state index in [1.807, 2.05) is 240 Å². The average Bonchev–Trinajstić information content (AvgIpc) is 1.64. The topological polar surface area (TPSA) is 257 Å². The molecular formula is C96H130AlB4Br3Cl3N15O6. The lowest BCUT2D eigenvalue weighted by atomic mass is 10.0. The Bertz CT molecular complexity index is 5300. The number of halogens is 6. The van der Waals surface area contributed by atoms with Crippen molar-refractivity contribution < 1.29 is 32.7 Å². The molecule has 0 saturated heterocycles. The summed E-state index contributed by atoms with van der Waals surface area (Å²) in [5, 5.41) is 33.8. The van der Waals surface area contributed by atoms with Crippen LogP contribution in [0.15, 0.2) is 282 Å². The molecule has 0 aliphatic carbocycles. The number of nitrogens with zero attached hydrogens (tertiary/aromatic N) is 12. The van der Waals surface area contributed by atoms with E-state index in [-0.39, 0.29) is 16.2 Å².